The first-order valence-corrected chi connectivity index (χ1v) is 11.5. The fourth-order valence-corrected chi connectivity index (χ4v) is 5.45. The van der Waals surface area contributed by atoms with E-state index in [1.807, 2.05) is 35.2 Å². The molecule has 0 aromatic heterocycles. The zero-order chi connectivity index (χ0) is 20.2. The van der Waals surface area contributed by atoms with E-state index in [1.165, 1.54) is 56.0 Å². The molecule has 0 radical (unpaired) electrons. The summed E-state index contributed by atoms with van der Waals surface area (Å²) in [5, 5.41) is 0. The Morgan fingerprint density at radius 1 is 0.897 bits per heavy atom. The number of benzene rings is 2. The Labute approximate surface area is 181 Å². The molecule has 150 valence electrons. The molecule has 2 aromatic rings. The summed E-state index contributed by atoms with van der Waals surface area (Å²) in [5.74, 6) is -0.190. The molecule has 1 saturated carbocycles. The van der Waals surface area contributed by atoms with Crippen molar-refractivity contribution < 1.29 is 9.18 Å². The molecule has 1 aliphatic heterocycles. The van der Waals surface area contributed by atoms with Gasteiger partial charge in [-0.15, -0.1) is 0 Å². The zero-order valence-corrected chi connectivity index (χ0v) is 17.9. The van der Waals surface area contributed by atoms with Gasteiger partial charge in [0.1, 0.15) is 10.1 Å². The number of thiocarbonyl (C=S) groups is 1. The Hall–Kier alpha value is -1.98. The van der Waals surface area contributed by atoms with Crippen molar-refractivity contribution in [3.8, 4) is 11.1 Å². The van der Waals surface area contributed by atoms with Crippen LogP contribution in [0.5, 0.6) is 0 Å². The van der Waals surface area contributed by atoms with Gasteiger partial charge < -0.3 is 0 Å². The molecule has 2 aliphatic rings. The summed E-state index contributed by atoms with van der Waals surface area (Å²) in [6.07, 6.45) is 10.2. The van der Waals surface area contributed by atoms with Gasteiger partial charge in [-0.2, -0.15) is 0 Å². The SMILES string of the molecule is O=C1/C(=C\c2ccc(-c3ccc(F)cc3)cc2)SC(=S)N1C1CCCCCCC1. The zero-order valence-electron chi connectivity index (χ0n) is 16.3. The van der Waals surface area contributed by atoms with E-state index in [0.29, 0.717) is 9.23 Å². The Bertz CT molecular complexity index is 913. The Morgan fingerprint density at radius 2 is 1.45 bits per heavy atom. The molecule has 1 heterocycles. The molecule has 0 N–H and O–H groups in total. The van der Waals surface area contributed by atoms with Gasteiger partial charge in [-0.1, -0.05) is 92.5 Å². The summed E-state index contributed by atoms with van der Waals surface area (Å²) in [6, 6.07) is 14.7. The molecule has 2 nitrogen and oxygen atoms in total. The molecule has 5 heteroatoms. The second kappa shape index (κ2) is 9.23. The summed E-state index contributed by atoms with van der Waals surface area (Å²) in [6.45, 7) is 0. The van der Waals surface area contributed by atoms with E-state index in [4.69, 9.17) is 12.2 Å². The van der Waals surface area contributed by atoms with Crippen molar-refractivity contribution in [1.29, 1.82) is 0 Å². The van der Waals surface area contributed by atoms with Crippen LogP contribution in [-0.2, 0) is 4.79 Å². The first-order valence-electron chi connectivity index (χ1n) is 10.2. The summed E-state index contributed by atoms with van der Waals surface area (Å²) in [7, 11) is 0. The average Bonchev–Trinajstić information content (AvgIpc) is 2.97. The van der Waals surface area contributed by atoms with Gasteiger partial charge in [-0.05, 0) is 47.7 Å². The van der Waals surface area contributed by atoms with Crippen molar-refractivity contribution in [1.82, 2.24) is 4.90 Å². The first-order chi connectivity index (χ1) is 14.1. The summed E-state index contributed by atoms with van der Waals surface area (Å²) in [4.78, 5) is 15.6. The molecule has 2 aromatic carbocycles. The highest BCUT2D eigenvalue weighted by Crippen LogP contribution is 2.37. The number of thioether (sulfide) groups is 1. The lowest BCUT2D eigenvalue weighted by Crippen LogP contribution is -2.39. The Balaban J connectivity index is 1.50. The van der Waals surface area contributed by atoms with Crippen molar-refractivity contribution in [2.45, 2.75) is 51.0 Å². The number of nitrogens with zero attached hydrogens (tertiary/aromatic N) is 1. The maximum atomic E-state index is 13.1. The van der Waals surface area contributed by atoms with Gasteiger partial charge in [0.2, 0.25) is 0 Å². The fourth-order valence-electron chi connectivity index (χ4n) is 4.05. The van der Waals surface area contributed by atoms with E-state index in [-0.39, 0.29) is 17.8 Å². The number of rotatable bonds is 3. The normalized spacial score (nSPS) is 20.2. The molecule has 0 atom stereocenters. The van der Waals surface area contributed by atoms with Crippen LogP contribution >= 0.6 is 24.0 Å². The molecular weight excluding hydrogens is 401 g/mol. The maximum absolute atomic E-state index is 13.1. The molecule has 0 spiro atoms. The van der Waals surface area contributed by atoms with Gasteiger partial charge in [0.15, 0.2) is 0 Å². The van der Waals surface area contributed by atoms with E-state index in [0.717, 1.165) is 29.5 Å². The minimum Gasteiger partial charge on any atom is -0.290 e. The van der Waals surface area contributed by atoms with Gasteiger partial charge in [-0.3, -0.25) is 9.69 Å². The van der Waals surface area contributed by atoms with Crippen LogP contribution < -0.4 is 0 Å². The summed E-state index contributed by atoms with van der Waals surface area (Å²) in [5.41, 5.74) is 2.95. The van der Waals surface area contributed by atoms with Crippen LogP contribution in [0.15, 0.2) is 53.4 Å². The second-order valence-corrected chi connectivity index (χ2v) is 9.36. The number of halogens is 1. The van der Waals surface area contributed by atoms with Crippen LogP contribution in [0, 0.1) is 5.82 Å². The maximum Gasteiger partial charge on any atom is 0.266 e. The van der Waals surface area contributed by atoms with Crippen LogP contribution in [0.1, 0.15) is 50.5 Å². The third kappa shape index (κ3) is 4.78. The number of amides is 1. The highest BCUT2D eigenvalue weighted by atomic mass is 32.2. The van der Waals surface area contributed by atoms with Crippen LogP contribution in [0.2, 0.25) is 0 Å². The number of hydrogen-bond donors (Lipinski definition) is 0. The van der Waals surface area contributed by atoms with E-state index in [2.05, 4.69) is 0 Å². The molecule has 0 bridgehead atoms. The largest absolute Gasteiger partial charge is 0.290 e. The minimum absolute atomic E-state index is 0.0492. The molecule has 1 amide bonds. The van der Waals surface area contributed by atoms with Crippen molar-refractivity contribution in [2.75, 3.05) is 0 Å². The minimum atomic E-state index is -0.239. The molecule has 1 aliphatic carbocycles. The third-order valence-corrected chi connectivity index (χ3v) is 6.98. The predicted octanol–water partition coefficient (Wildman–Crippen LogP) is 6.81. The number of carbonyl (C=O) groups excluding carboxylic acids is 1. The summed E-state index contributed by atoms with van der Waals surface area (Å²) >= 11 is 6.97. The molecule has 0 unspecified atom stereocenters. The van der Waals surface area contributed by atoms with Crippen LogP contribution in [0.4, 0.5) is 4.39 Å². The first kappa shape index (κ1) is 20.3. The lowest BCUT2D eigenvalue weighted by atomic mass is 9.96. The lowest BCUT2D eigenvalue weighted by molar-refractivity contribution is -0.123. The van der Waals surface area contributed by atoms with Gasteiger partial charge in [0.05, 0.1) is 4.91 Å². The highest BCUT2D eigenvalue weighted by Gasteiger charge is 2.36. The molecule has 4 rings (SSSR count). The highest BCUT2D eigenvalue weighted by molar-refractivity contribution is 8.26. The van der Waals surface area contributed by atoms with E-state index in [1.54, 1.807) is 12.1 Å². The summed E-state index contributed by atoms with van der Waals surface area (Å²) < 4.78 is 13.8. The second-order valence-electron chi connectivity index (χ2n) is 7.68. The quantitative estimate of drug-likeness (QED) is 0.398. The van der Waals surface area contributed by atoms with Crippen molar-refractivity contribution in [3.05, 3.63) is 64.8 Å². The smallest absolute Gasteiger partial charge is 0.266 e. The van der Waals surface area contributed by atoms with Crippen molar-refractivity contribution in [3.63, 3.8) is 0 Å². The third-order valence-electron chi connectivity index (χ3n) is 5.65. The molecule has 1 saturated heterocycles. The van der Waals surface area contributed by atoms with Crippen LogP contribution in [0.3, 0.4) is 0 Å². The Morgan fingerprint density at radius 3 is 2.07 bits per heavy atom. The van der Waals surface area contributed by atoms with E-state index in [9.17, 15) is 9.18 Å². The van der Waals surface area contributed by atoms with Crippen LogP contribution in [-0.4, -0.2) is 21.2 Å². The van der Waals surface area contributed by atoms with E-state index >= 15 is 0 Å². The molecular formula is C24H24FNOS2. The topological polar surface area (TPSA) is 20.3 Å². The van der Waals surface area contributed by atoms with Gasteiger partial charge >= 0.3 is 0 Å². The van der Waals surface area contributed by atoms with E-state index < -0.39 is 0 Å². The van der Waals surface area contributed by atoms with Crippen molar-refractivity contribution >= 4 is 40.3 Å². The number of hydrogen-bond acceptors (Lipinski definition) is 3. The van der Waals surface area contributed by atoms with Gasteiger partial charge in [0, 0.05) is 6.04 Å². The van der Waals surface area contributed by atoms with Crippen LogP contribution in [0.25, 0.3) is 17.2 Å². The monoisotopic (exact) mass is 425 g/mol. The van der Waals surface area contributed by atoms with Gasteiger partial charge in [-0.25, -0.2) is 4.39 Å². The average molecular weight is 426 g/mol. The Kier molecular flexibility index (Phi) is 6.46. The fraction of sp³-hybridized carbons (Fsp3) is 0.333. The predicted molar refractivity (Wildman–Crippen MR) is 123 cm³/mol. The lowest BCUT2D eigenvalue weighted by Gasteiger charge is -2.28. The number of carbonyl (C=O) groups is 1. The molecule has 29 heavy (non-hydrogen) atoms. The van der Waals surface area contributed by atoms with Gasteiger partial charge in [0.25, 0.3) is 5.91 Å². The molecule has 2 fully saturated rings. The van der Waals surface area contributed by atoms with Crippen molar-refractivity contribution in [2.24, 2.45) is 0 Å². The standard InChI is InChI=1S/C24H24FNOS2/c25-20-14-12-19(13-15-20)18-10-8-17(9-11-18)16-22-23(27)26(24(28)29-22)21-6-4-2-1-3-5-7-21/h8-16,21H,1-7H2/b22-16+.